The monoisotopic (exact) mass is 413 g/mol. The Morgan fingerprint density at radius 2 is 1.86 bits per heavy atom. The minimum atomic E-state index is -0.337. The van der Waals surface area contributed by atoms with Gasteiger partial charge in [-0.05, 0) is 62.2 Å². The highest BCUT2D eigenvalue weighted by Gasteiger charge is 2.08. The molecule has 0 aliphatic rings. The van der Waals surface area contributed by atoms with E-state index in [9.17, 15) is 4.79 Å². The van der Waals surface area contributed by atoms with E-state index in [0.717, 1.165) is 38.2 Å². The van der Waals surface area contributed by atoms with Gasteiger partial charge in [-0.2, -0.15) is 0 Å². The number of carbonyl (C=O) groups excluding carboxylic acids is 1. The van der Waals surface area contributed by atoms with Crippen molar-refractivity contribution in [3.63, 3.8) is 0 Å². The molecule has 0 unspecified atom stereocenters. The first-order valence-corrected chi connectivity index (χ1v) is 10.9. The molecule has 0 bridgehead atoms. The van der Waals surface area contributed by atoms with Gasteiger partial charge in [0.05, 0.1) is 16.3 Å². The molecule has 0 aliphatic carbocycles. The fourth-order valence-corrected chi connectivity index (χ4v) is 4.06. The second-order valence-corrected chi connectivity index (χ2v) is 8.54. The first kappa shape index (κ1) is 20.4. The molecule has 0 aliphatic heterocycles. The van der Waals surface area contributed by atoms with Crippen molar-refractivity contribution in [1.29, 1.82) is 0 Å². The lowest BCUT2D eigenvalue weighted by atomic mass is 10.1. The number of benzene rings is 2. The number of thiazole rings is 1. The Balaban J connectivity index is 1.43. The molecule has 3 aromatic rings. The van der Waals surface area contributed by atoms with Gasteiger partial charge in [-0.1, -0.05) is 12.1 Å². The molecule has 0 spiro atoms. The maximum atomic E-state index is 12.2. The van der Waals surface area contributed by atoms with Crippen LogP contribution in [0.15, 0.2) is 52.7 Å². The summed E-state index contributed by atoms with van der Waals surface area (Å²) in [6, 6.07) is 13.5. The number of nitrogens with zero attached hydrogens (tertiary/aromatic N) is 1. The highest BCUT2D eigenvalue weighted by Crippen LogP contribution is 2.24. The van der Waals surface area contributed by atoms with Crippen molar-refractivity contribution in [1.82, 2.24) is 4.98 Å². The number of aromatic nitrogens is 1. The van der Waals surface area contributed by atoms with E-state index >= 15 is 0 Å². The summed E-state index contributed by atoms with van der Waals surface area (Å²) in [5, 5.41) is 3.16. The molecular weight excluding hydrogens is 390 g/mol. The van der Waals surface area contributed by atoms with Crippen molar-refractivity contribution in [3.05, 3.63) is 75.2 Å². The second kappa shape index (κ2) is 9.75. The molecule has 6 heteroatoms. The Bertz CT molecular complexity index is 935. The number of hydrogen-bond acceptors (Lipinski definition) is 6. The van der Waals surface area contributed by atoms with Crippen molar-refractivity contribution in [2.45, 2.75) is 31.4 Å². The maximum Gasteiger partial charge on any atom is 0.338 e. The van der Waals surface area contributed by atoms with Crippen molar-refractivity contribution >= 4 is 29.1 Å². The summed E-state index contributed by atoms with van der Waals surface area (Å²) in [5.74, 6) is 1.31. The Kier molecular flexibility index (Phi) is 7.12. The van der Waals surface area contributed by atoms with Gasteiger partial charge in [0, 0.05) is 16.0 Å². The fraction of sp³-hybridized carbons (Fsp3) is 0.273. The van der Waals surface area contributed by atoms with Gasteiger partial charge in [-0.3, -0.25) is 0 Å². The van der Waals surface area contributed by atoms with E-state index in [4.69, 9.17) is 9.47 Å². The van der Waals surface area contributed by atoms with Crippen molar-refractivity contribution in [3.8, 4) is 5.75 Å². The van der Waals surface area contributed by atoms with E-state index in [1.54, 1.807) is 35.2 Å². The van der Waals surface area contributed by atoms with Gasteiger partial charge in [-0.25, -0.2) is 9.78 Å². The van der Waals surface area contributed by atoms with E-state index in [0.29, 0.717) is 12.2 Å². The van der Waals surface area contributed by atoms with Crippen LogP contribution in [0.1, 0.15) is 32.2 Å². The van der Waals surface area contributed by atoms with Crippen LogP contribution in [0.25, 0.3) is 0 Å². The maximum absolute atomic E-state index is 12.2. The average molecular weight is 414 g/mol. The number of rotatable bonds is 8. The minimum Gasteiger partial charge on any atom is -0.490 e. The standard InChI is InChI=1S/C22H23NO3S2/c1-15-4-5-16(2)21(12-15)25-10-11-26-22(24)18-6-8-20(9-7-18)28-14-19-13-27-17(3)23-19/h4-9,12-13H,10-11,14H2,1-3H3. The van der Waals surface area contributed by atoms with Crippen molar-refractivity contribution in [2.75, 3.05) is 13.2 Å². The zero-order chi connectivity index (χ0) is 19.9. The predicted octanol–water partition coefficient (Wildman–Crippen LogP) is 5.60. The van der Waals surface area contributed by atoms with Crippen LogP contribution in [0.3, 0.4) is 0 Å². The molecule has 0 fully saturated rings. The summed E-state index contributed by atoms with van der Waals surface area (Å²) in [6.45, 7) is 6.57. The lowest BCUT2D eigenvalue weighted by molar-refractivity contribution is 0.0450. The number of esters is 1. The van der Waals surface area contributed by atoms with Crippen LogP contribution in [0.2, 0.25) is 0 Å². The van der Waals surface area contributed by atoms with E-state index in [1.165, 1.54) is 0 Å². The SMILES string of the molecule is Cc1ccc(C)c(OCCOC(=O)c2ccc(SCc3csc(C)n3)cc2)c1. The van der Waals surface area contributed by atoms with Gasteiger partial charge in [0.15, 0.2) is 0 Å². The third kappa shape index (κ3) is 5.84. The summed E-state index contributed by atoms with van der Waals surface area (Å²) in [7, 11) is 0. The third-order valence-corrected chi connectivity index (χ3v) is 5.93. The van der Waals surface area contributed by atoms with Crippen LogP contribution in [0, 0.1) is 20.8 Å². The molecule has 1 aromatic heterocycles. The van der Waals surface area contributed by atoms with Gasteiger partial charge in [-0.15, -0.1) is 23.1 Å². The van der Waals surface area contributed by atoms with E-state index < -0.39 is 0 Å². The molecule has 1 heterocycles. The molecule has 0 atom stereocenters. The quantitative estimate of drug-likeness (QED) is 0.273. The zero-order valence-electron chi connectivity index (χ0n) is 16.2. The smallest absolute Gasteiger partial charge is 0.338 e. The van der Waals surface area contributed by atoms with Crippen LogP contribution in [-0.2, 0) is 10.5 Å². The molecule has 3 rings (SSSR count). The van der Waals surface area contributed by atoms with Crippen LogP contribution < -0.4 is 4.74 Å². The van der Waals surface area contributed by atoms with Crippen LogP contribution >= 0.6 is 23.1 Å². The van der Waals surface area contributed by atoms with Gasteiger partial charge in [0.1, 0.15) is 19.0 Å². The Labute approximate surface area is 173 Å². The Morgan fingerprint density at radius 1 is 1.07 bits per heavy atom. The number of carbonyl (C=O) groups is 1. The lowest BCUT2D eigenvalue weighted by Gasteiger charge is -2.10. The molecule has 28 heavy (non-hydrogen) atoms. The number of hydrogen-bond donors (Lipinski definition) is 0. The molecule has 146 valence electrons. The van der Waals surface area contributed by atoms with Crippen LogP contribution in [0.4, 0.5) is 0 Å². The first-order chi connectivity index (χ1) is 13.5. The first-order valence-electron chi connectivity index (χ1n) is 9.02. The zero-order valence-corrected chi connectivity index (χ0v) is 17.9. The number of thioether (sulfide) groups is 1. The molecule has 0 saturated heterocycles. The molecule has 2 aromatic carbocycles. The summed E-state index contributed by atoms with van der Waals surface area (Å²) < 4.78 is 11.0. The summed E-state index contributed by atoms with van der Waals surface area (Å²) >= 11 is 3.36. The van der Waals surface area contributed by atoms with Crippen LogP contribution in [-0.4, -0.2) is 24.2 Å². The second-order valence-electron chi connectivity index (χ2n) is 6.42. The van der Waals surface area contributed by atoms with Gasteiger partial charge in [0.2, 0.25) is 0 Å². The summed E-state index contributed by atoms with van der Waals surface area (Å²) in [5.41, 5.74) is 3.83. The number of aryl methyl sites for hydroxylation is 3. The largest absolute Gasteiger partial charge is 0.490 e. The normalized spacial score (nSPS) is 10.7. The average Bonchev–Trinajstić information content (AvgIpc) is 3.11. The topological polar surface area (TPSA) is 48.4 Å². The summed E-state index contributed by atoms with van der Waals surface area (Å²) in [6.07, 6.45) is 0. The molecule has 0 N–H and O–H groups in total. The highest BCUT2D eigenvalue weighted by atomic mass is 32.2. The molecular formula is C22H23NO3S2. The predicted molar refractivity (Wildman–Crippen MR) is 115 cm³/mol. The third-order valence-electron chi connectivity index (χ3n) is 4.06. The Morgan fingerprint density at radius 3 is 2.57 bits per heavy atom. The minimum absolute atomic E-state index is 0.214. The molecule has 4 nitrogen and oxygen atoms in total. The molecule has 0 saturated carbocycles. The van der Waals surface area contributed by atoms with E-state index in [2.05, 4.69) is 10.4 Å². The molecule has 0 radical (unpaired) electrons. The van der Waals surface area contributed by atoms with Crippen molar-refractivity contribution < 1.29 is 14.3 Å². The van der Waals surface area contributed by atoms with E-state index in [-0.39, 0.29) is 12.6 Å². The van der Waals surface area contributed by atoms with Gasteiger partial charge >= 0.3 is 5.97 Å². The van der Waals surface area contributed by atoms with Crippen LogP contribution in [0.5, 0.6) is 5.75 Å². The highest BCUT2D eigenvalue weighted by molar-refractivity contribution is 7.98. The Hall–Kier alpha value is -2.31. The number of ether oxygens (including phenoxy) is 2. The summed E-state index contributed by atoms with van der Waals surface area (Å²) in [4.78, 5) is 17.7. The van der Waals surface area contributed by atoms with Gasteiger partial charge < -0.3 is 9.47 Å². The van der Waals surface area contributed by atoms with E-state index in [1.807, 2.05) is 51.1 Å². The fourth-order valence-electron chi connectivity index (χ4n) is 2.55. The van der Waals surface area contributed by atoms with Gasteiger partial charge in [0.25, 0.3) is 0 Å². The van der Waals surface area contributed by atoms with Crippen molar-refractivity contribution in [2.24, 2.45) is 0 Å². The lowest BCUT2D eigenvalue weighted by Crippen LogP contribution is -2.12. The molecule has 0 amide bonds.